The third-order valence-corrected chi connectivity index (χ3v) is 3.83. The lowest BCUT2D eigenvalue weighted by atomic mass is 10.1. The van der Waals surface area contributed by atoms with Gasteiger partial charge in [0.05, 0.1) is 10.5 Å². The Morgan fingerprint density at radius 3 is 2.80 bits per heavy atom. The number of anilines is 1. The highest BCUT2D eigenvalue weighted by Gasteiger charge is 2.22. The van der Waals surface area contributed by atoms with Crippen molar-refractivity contribution < 1.29 is 14.8 Å². The molecule has 0 saturated heterocycles. The maximum Gasteiger partial charge on any atom is 0.335 e. The number of nitro groups is 1. The number of rotatable bonds is 5. The summed E-state index contributed by atoms with van der Waals surface area (Å²) in [5, 5.41) is 23.0. The van der Waals surface area contributed by atoms with E-state index in [0.717, 1.165) is 18.9 Å². The van der Waals surface area contributed by atoms with Crippen LogP contribution >= 0.6 is 0 Å². The normalized spacial score (nSPS) is 21.6. The third kappa shape index (κ3) is 3.26. The minimum absolute atomic E-state index is 0.0725. The minimum Gasteiger partial charge on any atom is -0.478 e. The Morgan fingerprint density at radius 2 is 2.25 bits per heavy atom. The minimum atomic E-state index is -1.16. The van der Waals surface area contributed by atoms with Crippen LogP contribution in [0.3, 0.4) is 0 Å². The Bertz CT molecular complexity index is 530. The molecular weight excluding hydrogens is 260 g/mol. The highest BCUT2D eigenvalue weighted by atomic mass is 16.6. The van der Waals surface area contributed by atoms with Crippen molar-refractivity contribution in [2.75, 3.05) is 11.9 Å². The Morgan fingerprint density at radius 1 is 1.50 bits per heavy atom. The fourth-order valence-corrected chi connectivity index (χ4v) is 2.73. The van der Waals surface area contributed by atoms with E-state index in [-0.39, 0.29) is 11.3 Å². The van der Waals surface area contributed by atoms with Crippen molar-refractivity contribution in [1.29, 1.82) is 0 Å². The molecule has 1 saturated carbocycles. The quantitative estimate of drug-likeness (QED) is 0.637. The molecule has 0 aliphatic heterocycles. The van der Waals surface area contributed by atoms with Crippen LogP contribution in [-0.4, -0.2) is 22.5 Å². The Balaban J connectivity index is 2.10. The SMILES string of the molecule is CC1CCC(CNc2ccc(C(=O)O)cc2[N+](=O)[O-])C1. The first-order valence-electron chi connectivity index (χ1n) is 6.73. The van der Waals surface area contributed by atoms with Gasteiger partial charge in [-0.3, -0.25) is 10.1 Å². The van der Waals surface area contributed by atoms with Crippen LogP contribution in [0.4, 0.5) is 11.4 Å². The number of aromatic carboxylic acids is 1. The maximum absolute atomic E-state index is 11.0. The van der Waals surface area contributed by atoms with Gasteiger partial charge in [-0.05, 0) is 36.8 Å². The molecule has 0 radical (unpaired) electrons. The first kappa shape index (κ1) is 14.3. The summed E-state index contributed by atoms with van der Waals surface area (Å²) in [5.41, 5.74) is 0.132. The number of nitrogens with one attached hydrogen (secondary N) is 1. The summed E-state index contributed by atoms with van der Waals surface area (Å²) < 4.78 is 0. The van der Waals surface area contributed by atoms with Gasteiger partial charge in [0, 0.05) is 12.6 Å². The smallest absolute Gasteiger partial charge is 0.335 e. The fourth-order valence-electron chi connectivity index (χ4n) is 2.73. The van der Waals surface area contributed by atoms with E-state index in [1.807, 2.05) is 0 Å². The van der Waals surface area contributed by atoms with Gasteiger partial charge >= 0.3 is 5.97 Å². The molecule has 0 bridgehead atoms. The van der Waals surface area contributed by atoms with Crippen molar-refractivity contribution in [2.24, 2.45) is 11.8 Å². The van der Waals surface area contributed by atoms with E-state index in [9.17, 15) is 14.9 Å². The van der Waals surface area contributed by atoms with Gasteiger partial charge in [0.1, 0.15) is 5.69 Å². The van der Waals surface area contributed by atoms with Crippen LogP contribution < -0.4 is 5.32 Å². The van der Waals surface area contributed by atoms with Gasteiger partial charge in [0.25, 0.3) is 5.69 Å². The third-order valence-electron chi connectivity index (χ3n) is 3.83. The second-order valence-corrected chi connectivity index (χ2v) is 5.46. The molecule has 1 aromatic rings. The van der Waals surface area contributed by atoms with Crippen molar-refractivity contribution in [3.8, 4) is 0 Å². The molecule has 108 valence electrons. The standard InChI is InChI=1S/C14H18N2O4/c1-9-2-3-10(6-9)8-15-12-5-4-11(14(17)18)7-13(12)16(19)20/h4-5,7,9-10,15H,2-3,6,8H2,1H3,(H,17,18). The molecule has 0 heterocycles. The summed E-state index contributed by atoms with van der Waals surface area (Å²) >= 11 is 0. The van der Waals surface area contributed by atoms with Crippen LogP contribution in [0.15, 0.2) is 18.2 Å². The average Bonchev–Trinajstić information content (AvgIpc) is 2.81. The Hall–Kier alpha value is -2.11. The molecule has 0 spiro atoms. The van der Waals surface area contributed by atoms with Crippen molar-refractivity contribution in [1.82, 2.24) is 0 Å². The van der Waals surface area contributed by atoms with Gasteiger partial charge in [-0.25, -0.2) is 4.79 Å². The molecule has 2 atom stereocenters. The molecule has 20 heavy (non-hydrogen) atoms. The number of hydrogen-bond acceptors (Lipinski definition) is 4. The number of carboxylic acids is 1. The molecule has 0 amide bonds. The van der Waals surface area contributed by atoms with Crippen molar-refractivity contribution in [3.05, 3.63) is 33.9 Å². The van der Waals surface area contributed by atoms with Crippen molar-refractivity contribution in [3.63, 3.8) is 0 Å². The summed E-state index contributed by atoms with van der Waals surface area (Å²) in [6.45, 7) is 2.90. The van der Waals surface area contributed by atoms with E-state index >= 15 is 0 Å². The van der Waals surface area contributed by atoms with E-state index in [4.69, 9.17) is 5.11 Å². The zero-order chi connectivity index (χ0) is 14.7. The zero-order valence-corrected chi connectivity index (χ0v) is 11.3. The number of carbonyl (C=O) groups is 1. The molecule has 6 nitrogen and oxygen atoms in total. The van der Waals surface area contributed by atoms with Crippen LogP contribution in [0.1, 0.15) is 36.5 Å². The lowest BCUT2D eigenvalue weighted by molar-refractivity contribution is -0.384. The zero-order valence-electron chi connectivity index (χ0n) is 11.3. The van der Waals surface area contributed by atoms with Crippen molar-refractivity contribution >= 4 is 17.3 Å². The summed E-state index contributed by atoms with van der Waals surface area (Å²) in [7, 11) is 0. The van der Waals surface area contributed by atoms with Crippen molar-refractivity contribution in [2.45, 2.75) is 26.2 Å². The fraction of sp³-hybridized carbons (Fsp3) is 0.500. The first-order chi connectivity index (χ1) is 9.47. The van der Waals surface area contributed by atoms with Gasteiger partial charge in [0.2, 0.25) is 0 Å². The van der Waals surface area contributed by atoms with E-state index in [2.05, 4.69) is 12.2 Å². The molecule has 2 N–H and O–H groups in total. The second-order valence-electron chi connectivity index (χ2n) is 5.46. The lowest BCUT2D eigenvalue weighted by Crippen LogP contribution is -2.13. The Labute approximate surface area is 117 Å². The summed E-state index contributed by atoms with van der Waals surface area (Å²) in [6, 6.07) is 3.96. The predicted octanol–water partition coefficient (Wildman–Crippen LogP) is 3.14. The number of nitrogens with zero attached hydrogens (tertiary/aromatic N) is 1. The lowest BCUT2D eigenvalue weighted by Gasteiger charge is -2.12. The molecular formula is C14H18N2O4. The average molecular weight is 278 g/mol. The highest BCUT2D eigenvalue weighted by Crippen LogP contribution is 2.32. The molecule has 1 fully saturated rings. The number of carboxylic acid groups (broad SMARTS) is 1. The van der Waals surface area contributed by atoms with Gasteiger partial charge in [-0.2, -0.15) is 0 Å². The second kappa shape index (κ2) is 5.90. The first-order valence-corrected chi connectivity index (χ1v) is 6.73. The molecule has 1 aliphatic carbocycles. The molecule has 0 aromatic heterocycles. The van der Waals surface area contributed by atoms with Gasteiger partial charge in [-0.1, -0.05) is 13.3 Å². The molecule has 6 heteroatoms. The molecule has 2 unspecified atom stereocenters. The predicted molar refractivity (Wildman–Crippen MR) is 75.1 cm³/mol. The highest BCUT2D eigenvalue weighted by molar-refractivity contribution is 5.89. The largest absolute Gasteiger partial charge is 0.478 e. The van der Waals surface area contributed by atoms with Crippen LogP contribution in [-0.2, 0) is 0 Å². The molecule has 1 aliphatic rings. The Kier molecular flexibility index (Phi) is 4.22. The van der Waals surface area contributed by atoms with Gasteiger partial charge < -0.3 is 10.4 Å². The van der Waals surface area contributed by atoms with E-state index in [0.29, 0.717) is 24.1 Å². The number of benzene rings is 1. The van der Waals surface area contributed by atoms with Crippen LogP contribution in [0.25, 0.3) is 0 Å². The summed E-state index contributed by atoms with van der Waals surface area (Å²) in [6.07, 6.45) is 3.47. The summed E-state index contributed by atoms with van der Waals surface area (Å²) in [5.74, 6) is 0.0826. The summed E-state index contributed by atoms with van der Waals surface area (Å²) in [4.78, 5) is 21.3. The van der Waals surface area contributed by atoms with E-state index in [1.165, 1.54) is 18.6 Å². The number of nitro benzene ring substituents is 1. The monoisotopic (exact) mass is 278 g/mol. The van der Waals surface area contributed by atoms with E-state index < -0.39 is 10.9 Å². The van der Waals surface area contributed by atoms with Gasteiger partial charge in [0.15, 0.2) is 0 Å². The van der Waals surface area contributed by atoms with Crippen LogP contribution in [0.5, 0.6) is 0 Å². The van der Waals surface area contributed by atoms with Crippen LogP contribution in [0, 0.1) is 22.0 Å². The van der Waals surface area contributed by atoms with E-state index in [1.54, 1.807) is 0 Å². The molecule has 2 rings (SSSR count). The van der Waals surface area contributed by atoms with Crippen LogP contribution in [0.2, 0.25) is 0 Å². The topological polar surface area (TPSA) is 92.5 Å². The van der Waals surface area contributed by atoms with Gasteiger partial charge in [-0.15, -0.1) is 0 Å². The maximum atomic E-state index is 11.0. The molecule has 1 aromatic carbocycles. The number of hydrogen-bond donors (Lipinski definition) is 2.